The highest BCUT2D eigenvalue weighted by molar-refractivity contribution is 5.97. The second-order valence-corrected chi connectivity index (χ2v) is 7.86. The topological polar surface area (TPSA) is 61.9 Å². The molecule has 1 N–H and O–H groups in total. The molecule has 158 valence electrons. The average Bonchev–Trinajstić information content (AvgIpc) is 2.77. The monoisotopic (exact) mass is 411 g/mol. The van der Waals surface area contributed by atoms with Crippen LogP contribution < -0.4 is 5.32 Å². The molecule has 0 aliphatic carbocycles. The van der Waals surface area contributed by atoms with Crippen LogP contribution in [0, 0.1) is 5.82 Å². The van der Waals surface area contributed by atoms with Crippen molar-refractivity contribution in [2.45, 2.75) is 38.3 Å². The van der Waals surface area contributed by atoms with Gasteiger partial charge in [-0.25, -0.2) is 4.39 Å². The van der Waals surface area contributed by atoms with E-state index in [2.05, 4.69) is 5.32 Å². The maximum absolute atomic E-state index is 14.0. The summed E-state index contributed by atoms with van der Waals surface area (Å²) in [4.78, 5) is 29.5. The van der Waals surface area contributed by atoms with Gasteiger partial charge in [-0.2, -0.15) is 0 Å². The van der Waals surface area contributed by atoms with E-state index in [1.807, 2.05) is 35.2 Å². The number of carbonyl (C=O) groups excluding carboxylic acids is 2. The molecule has 2 amide bonds. The number of hydrogen-bond donors (Lipinski definition) is 1. The number of rotatable bonds is 6. The zero-order chi connectivity index (χ0) is 21.1. The van der Waals surface area contributed by atoms with E-state index in [1.165, 1.54) is 6.07 Å². The second kappa shape index (κ2) is 8.93. The Balaban J connectivity index is 1.37. The normalized spacial score (nSPS) is 23.1. The summed E-state index contributed by atoms with van der Waals surface area (Å²) in [6, 6.07) is 15.1. The van der Waals surface area contributed by atoms with Crippen LogP contribution in [-0.4, -0.2) is 59.4 Å². The van der Waals surface area contributed by atoms with Crippen molar-refractivity contribution in [1.29, 1.82) is 0 Å². The standard InChI is InChI=1S/C23H26FN3O3/c1-16(30-15-17-7-3-2-4-8-17)21-23(29)27-12-11-26(14-20(27)22(28)25-21)13-18-9-5-6-10-19(18)24/h2-10,16,20-21H,11-15H2,1H3,(H,25,28)/t16-,20-,21+/m1/s1. The number of nitrogens with one attached hydrogen (secondary N) is 1. The number of carbonyl (C=O) groups is 2. The minimum atomic E-state index is -0.699. The molecule has 30 heavy (non-hydrogen) atoms. The molecule has 2 aliphatic heterocycles. The van der Waals surface area contributed by atoms with Gasteiger partial charge in [0.05, 0.1) is 12.7 Å². The fraction of sp³-hybridized carbons (Fsp3) is 0.391. The number of benzene rings is 2. The molecular weight excluding hydrogens is 385 g/mol. The van der Waals surface area contributed by atoms with Crippen molar-refractivity contribution in [3.8, 4) is 0 Å². The minimum absolute atomic E-state index is 0.120. The lowest BCUT2D eigenvalue weighted by atomic mass is 10.0. The average molecular weight is 411 g/mol. The van der Waals surface area contributed by atoms with Gasteiger partial charge in [0.15, 0.2) is 0 Å². The number of amides is 2. The first-order chi connectivity index (χ1) is 14.5. The maximum Gasteiger partial charge on any atom is 0.248 e. The molecule has 0 spiro atoms. The van der Waals surface area contributed by atoms with Crippen LogP contribution in [0.1, 0.15) is 18.1 Å². The quantitative estimate of drug-likeness (QED) is 0.789. The molecule has 4 rings (SSSR count). The molecule has 6 nitrogen and oxygen atoms in total. The highest BCUT2D eigenvalue weighted by atomic mass is 19.1. The molecule has 0 unspecified atom stereocenters. The van der Waals surface area contributed by atoms with Gasteiger partial charge in [-0.15, -0.1) is 0 Å². The first kappa shape index (κ1) is 20.5. The lowest BCUT2D eigenvalue weighted by Crippen LogP contribution is -2.71. The molecule has 2 heterocycles. The molecule has 2 fully saturated rings. The maximum atomic E-state index is 14.0. The SMILES string of the molecule is C[C@@H](OCc1ccccc1)[C@@H]1NC(=O)[C@H]2CN(Cc3ccccc3F)CCN2C1=O. The van der Waals surface area contributed by atoms with E-state index in [-0.39, 0.29) is 17.6 Å². The summed E-state index contributed by atoms with van der Waals surface area (Å²) in [7, 11) is 0. The fourth-order valence-corrected chi connectivity index (χ4v) is 4.04. The third-order valence-corrected chi connectivity index (χ3v) is 5.79. The molecule has 0 saturated carbocycles. The Bertz CT molecular complexity index is 908. The van der Waals surface area contributed by atoms with Crippen LogP contribution in [0.2, 0.25) is 0 Å². The van der Waals surface area contributed by atoms with Gasteiger partial charge in [0.2, 0.25) is 11.8 Å². The highest BCUT2D eigenvalue weighted by Gasteiger charge is 2.45. The van der Waals surface area contributed by atoms with E-state index in [0.29, 0.717) is 38.3 Å². The summed E-state index contributed by atoms with van der Waals surface area (Å²) >= 11 is 0. The molecule has 2 aromatic rings. The van der Waals surface area contributed by atoms with E-state index < -0.39 is 18.2 Å². The van der Waals surface area contributed by atoms with E-state index in [0.717, 1.165) is 5.56 Å². The van der Waals surface area contributed by atoms with Gasteiger partial charge in [-0.1, -0.05) is 48.5 Å². The third-order valence-electron chi connectivity index (χ3n) is 5.79. The summed E-state index contributed by atoms with van der Waals surface area (Å²) in [5.74, 6) is -0.563. The Morgan fingerprint density at radius 1 is 1.10 bits per heavy atom. The predicted octanol–water partition coefficient (Wildman–Crippen LogP) is 1.94. The zero-order valence-corrected chi connectivity index (χ0v) is 17.0. The van der Waals surface area contributed by atoms with Crippen molar-refractivity contribution in [2.75, 3.05) is 19.6 Å². The smallest absolute Gasteiger partial charge is 0.248 e. The highest BCUT2D eigenvalue weighted by Crippen LogP contribution is 2.21. The molecule has 0 bridgehead atoms. The first-order valence-electron chi connectivity index (χ1n) is 10.2. The Kier molecular flexibility index (Phi) is 6.11. The predicted molar refractivity (Wildman–Crippen MR) is 110 cm³/mol. The van der Waals surface area contributed by atoms with Gasteiger partial charge < -0.3 is 15.0 Å². The van der Waals surface area contributed by atoms with Crippen molar-refractivity contribution in [2.24, 2.45) is 0 Å². The van der Waals surface area contributed by atoms with Gasteiger partial charge in [0.1, 0.15) is 17.9 Å². The van der Waals surface area contributed by atoms with Gasteiger partial charge in [0, 0.05) is 31.7 Å². The Morgan fingerprint density at radius 3 is 2.60 bits per heavy atom. The number of hydrogen-bond acceptors (Lipinski definition) is 4. The second-order valence-electron chi connectivity index (χ2n) is 7.86. The first-order valence-corrected chi connectivity index (χ1v) is 10.2. The molecule has 3 atom stereocenters. The molecule has 2 saturated heterocycles. The number of piperazine rings is 2. The molecule has 0 radical (unpaired) electrons. The Hall–Kier alpha value is -2.77. The van der Waals surface area contributed by atoms with Crippen LogP contribution in [0.3, 0.4) is 0 Å². The van der Waals surface area contributed by atoms with Crippen molar-refractivity contribution in [3.63, 3.8) is 0 Å². The lowest BCUT2D eigenvalue weighted by Gasteiger charge is -2.46. The molecule has 2 aliphatic rings. The molecular formula is C23H26FN3O3. The van der Waals surface area contributed by atoms with Crippen molar-refractivity contribution in [3.05, 3.63) is 71.5 Å². The molecule has 7 heteroatoms. The van der Waals surface area contributed by atoms with E-state index in [1.54, 1.807) is 30.0 Å². The van der Waals surface area contributed by atoms with Gasteiger partial charge in [0.25, 0.3) is 0 Å². The molecule has 0 aromatic heterocycles. The van der Waals surface area contributed by atoms with Crippen LogP contribution in [0.4, 0.5) is 4.39 Å². The van der Waals surface area contributed by atoms with Crippen LogP contribution in [0.15, 0.2) is 54.6 Å². The Morgan fingerprint density at radius 2 is 1.83 bits per heavy atom. The summed E-state index contributed by atoms with van der Waals surface area (Å²) in [5.41, 5.74) is 1.60. The summed E-state index contributed by atoms with van der Waals surface area (Å²) in [5, 5.41) is 2.84. The number of fused-ring (bicyclic) bond motifs is 1. The summed E-state index contributed by atoms with van der Waals surface area (Å²) < 4.78 is 19.8. The summed E-state index contributed by atoms with van der Waals surface area (Å²) in [6.45, 7) is 4.02. The van der Waals surface area contributed by atoms with Gasteiger partial charge in [-0.05, 0) is 18.6 Å². The van der Waals surface area contributed by atoms with Gasteiger partial charge in [-0.3, -0.25) is 14.5 Å². The zero-order valence-electron chi connectivity index (χ0n) is 17.0. The van der Waals surface area contributed by atoms with Crippen LogP contribution in [0.25, 0.3) is 0 Å². The number of nitrogens with zero attached hydrogens (tertiary/aromatic N) is 2. The van der Waals surface area contributed by atoms with E-state index in [9.17, 15) is 14.0 Å². The van der Waals surface area contributed by atoms with Crippen LogP contribution >= 0.6 is 0 Å². The molecule has 2 aromatic carbocycles. The van der Waals surface area contributed by atoms with Crippen LogP contribution in [0.5, 0.6) is 0 Å². The van der Waals surface area contributed by atoms with E-state index >= 15 is 0 Å². The summed E-state index contributed by atoms with van der Waals surface area (Å²) in [6.07, 6.45) is -0.445. The van der Waals surface area contributed by atoms with Crippen LogP contribution in [-0.2, 0) is 27.5 Å². The van der Waals surface area contributed by atoms with E-state index in [4.69, 9.17) is 4.74 Å². The largest absolute Gasteiger partial charge is 0.371 e. The Labute approximate surface area is 175 Å². The minimum Gasteiger partial charge on any atom is -0.371 e. The number of halogens is 1. The third kappa shape index (κ3) is 4.37. The number of ether oxygens (including phenoxy) is 1. The van der Waals surface area contributed by atoms with Crippen molar-refractivity contribution >= 4 is 11.8 Å². The van der Waals surface area contributed by atoms with Crippen molar-refractivity contribution in [1.82, 2.24) is 15.1 Å². The van der Waals surface area contributed by atoms with Gasteiger partial charge >= 0.3 is 0 Å². The lowest BCUT2D eigenvalue weighted by molar-refractivity contribution is -0.157. The fourth-order valence-electron chi connectivity index (χ4n) is 4.04. The van der Waals surface area contributed by atoms with Crippen molar-refractivity contribution < 1.29 is 18.7 Å².